The van der Waals surface area contributed by atoms with E-state index in [1.165, 1.54) is 0 Å². The van der Waals surface area contributed by atoms with Crippen LogP contribution in [-0.4, -0.2) is 46.9 Å². The highest BCUT2D eigenvalue weighted by atomic mass is 16.4. The summed E-state index contributed by atoms with van der Waals surface area (Å²) < 4.78 is 0. The van der Waals surface area contributed by atoms with Crippen LogP contribution in [0.15, 0.2) is 72.8 Å². The van der Waals surface area contributed by atoms with Crippen molar-refractivity contribution >= 4 is 34.5 Å². The molecule has 174 valence electrons. The number of rotatable bonds is 8. The van der Waals surface area contributed by atoms with Gasteiger partial charge < -0.3 is 21.1 Å². The zero-order valence-electron chi connectivity index (χ0n) is 18.4. The second kappa shape index (κ2) is 10.2. The molecule has 1 fully saturated rings. The van der Waals surface area contributed by atoms with E-state index in [0.29, 0.717) is 6.42 Å². The number of carboxylic acids is 1. The van der Waals surface area contributed by atoms with E-state index in [1.807, 2.05) is 72.8 Å². The van der Waals surface area contributed by atoms with Gasteiger partial charge in [-0.3, -0.25) is 14.4 Å². The van der Waals surface area contributed by atoms with Crippen molar-refractivity contribution in [1.29, 1.82) is 0 Å². The minimum atomic E-state index is -1.18. The normalized spacial score (nSPS) is 18.6. The molecule has 3 amide bonds. The zero-order valence-corrected chi connectivity index (χ0v) is 18.4. The molecular weight excluding hydrogens is 434 g/mol. The molecule has 1 aliphatic heterocycles. The maximum Gasteiger partial charge on any atom is 0.326 e. The van der Waals surface area contributed by atoms with Crippen LogP contribution in [0.5, 0.6) is 0 Å². The number of amides is 3. The third-order valence-corrected chi connectivity index (χ3v) is 5.83. The molecule has 4 rings (SSSR count). The van der Waals surface area contributed by atoms with E-state index >= 15 is 0 Å². The average Bonchev–Trinajstić information content (AvgIpc) is 2.82. The first-order valence-corrected chi connectivity index (χ1v) is 11.0. The molecule has 0 saturated carbocycles. The van der Waals surface area contributed by atoms with Gasteiger partial charge in [-0.2, -0.15) is 0 Å². The van der Waals surface area contributed by atoms with E-state index in [0.717, 1.165) is 21.9 Å². The van der Waals surface area contributed by atoms with Gasteiger partial charge in [-0.25, -0.2) is 4.79 Å². The van der Waals surface area contributed by atoms with Crippen LogP contribution in [-0.2, 0) is 32.0 Å². The molecular formula is C26H25N3O5. The van der Waals surface area contributed by atoms with Crippen LogP contribution in [0.4, 0.5) is 0 Å². The fourth-order valence-corrected chi connectivity index (χ4v) is 4.05. The molecule has 3 atom stereocenters. The van der Waals surface area contributed by atoms with Crippen LogP contribution in [0.1, 0.15) is 17.5 Å². The highest BCUT2D eigenvalue weighted by molar-refractivity contribution is 5.99. The third-order valence-electron chi connectivity index (χ3n) is 5.83. The topological polar surface area (TPSA) is 125 Å². The molecule has 0 unspecified atom stereocenters. The standard InChI is InChI=1S/C26H25N3O5/c30-23(15-21-25(32)28-20(24(31)29-21)13-16-6-2-1-3-7-16)27-22(26(33)34)14-17-10-11-18-8-4-5-9-19(18)12-17/h1-12,20-22H,13-15H2,(H,27,30)(H,28,32)(H,29,31)(H,33,34)/t20-,21-,22+/m0/s1. The number of carboxylic acid groups (broad SMARTS) is 1. The third kappa shape index (κ3) is 5.58. The van der Waals surface area contributed by atoms with E-state index < -0.39 is 35.9 Å². The van der Waals surface area contributed by atoms with Crippen molar-refractivity contribution in [3.8, 4) is 0 Å². The molecule has 1 aliphatic rings. The van der Waals surface area contributed by atoms with Crippen molar-refractivity contribution in [2.24, 2.45) is 0 Å². The number of hydrogen-bond donors (Lipinski definition) is 4. The summed E-state index contributed by atoms with van der Waals surface area (Å²) in [4.78, 5) is 49.3. The summed E-state index contributed by atoms with van der Waals surface area (Å²) in [5.74, 6) is -2.67. The number of carbonyl (C=O) groups is 4. The SMILES string of the molecule is O=C(C[C@@H]1NC(=O)[C@H](Cc2ccccc2)NC1=O)N[C@H](Cc1ccc2ccccc2c1)C(=O)O. The summed E-state index contributed by atoms with van der Waals surface area (Å²) in [6.07, 6.45) is 0.0790. The second-order valence-corrected chi connectivity index (χ2v) is 8.36. The van der Waals surface area contributed by atoms with Crippen LogP contribution < -0.4 is 16.0 Å². The molecule has 0 aromatic heterocycles. The zero-order chi connectivity index (χ0) is 24.1. The van der Waals surface area contributed by atoms with Crippen LogP contribution in [0.25, 0.3) is 10.8 Å². The van der Waals surface area contributed by atoms with Gasteiger partial charge in [0.2, 0.25) is 17.7 Å². The molecule has 1 saturated heterocycles. The average molecular weight is 460 g/mol. The lowest BCUT2D eigenvalue weighted by Gasteiger charge is -2.29. The molecule has 8 nitrogen and oxygen atoms in total. The lowest BCUT2D eigenvalue weighted by atomic mass is 10.00. The molecule has 8 heteroatoms. The van der Waals surface area contributed by atoms with E-state index in [1.54, 1.807) is 0 Å². The summed E-state index contributed by atoms with van der Waals surface area (Å²) in [7, 11) is 0. The first-order valence-electron chi connectivity index (χ1n) is 11.0. The number of aliphatic carboxylic acids is 1. The van der Waals surface area contributed by atoms with Gasteiger partial charge in [-0.15, -0.1) is 0 Å². The monoisotopic (exact) mass is 459 g/mol. The predicted octanol–water partition coefficient (Wildman–Crippen LogP) is 1.57. The van der Waals surface area contributed by atoms with Gasteiger partial charge in [0.15, 0.2) is 0 Å². The Balaban J connectivity index is 1.35. The van der Waals surface area contributed by atoms with Gasteiger partial charge in [0.05, 0.1) is 6.42 Å². The van der Waals surface area contributed by atoms with Crippen LogP contribution in [0.3, 0.4) is 0 Å². The van der Waals surface area contributed by atoms with Gasteiger partial charge in [-0.1, -0.05) is 72.8 Å². The van der Waals surface area contributed by atoms with Gasteiger partial charge in [-0.05, 0) is 21.9 Å². The van der Waals surface area contributed by atoms with Gasteiger partial charge in [0, 0.05) is 12.8 Å². The van der Waals surface area contributed by atoms with Crippen molar-refractivity contribution in [1.82, 2.24) is 16.0 Å². The fourth-order valence-electron chi connectivity index (χ4n) is 4.05. The van der Waals surface area contributed by atoms with Crippen LogP contribution >= 0.6 is 0 Å². The molecule has 3 aromatic carbocycles. The highest BCUT2D eigenvalue weighted by Gasteiger charge is 2.35. The maximum atomic E-state index is 12.5. The molecule has 3 aromatic rings. The Morgan fingerprint density at radius 2 is 1.47 bits per heavy atom. The summed E-state index contributed by atoms with van der Waals surface area (Å²) in [6.45, 7) is 0. The molecule has 4 N–H and O–H groups in total. The van der Waals surface area contributed by atoms with Gasteiger partial charge in [0.25, 0.3) is 0 Å². The van der Waals surface area contributed by atoms with Crippen molar-refractivity contribution in [2.45, 2.75) is 37.4 Å². The first-order chi connectivity index (χ1) is 16.4. The highest BCUT2D eigenvalue weighted by Crippen LogP contribution is 2.17. The van der Waals surface area contributed by atoms with E-state index in [4.69, 9.17) is 0 Å². The molecule has 0 bridgehead atoms. The van der Waals surface area contributed by atoms with Crippen molar-refractivity contribution in [3.63, 3.8) is 0 Å². The predicted molar refractivity (Wildman–Crippen MR) is 126 cm³/mol. The number of fused-ring (bicyclic) bond motifs is 1. The number of nitrogens with one attached hydrogen (secondary N) is 3. The fraction of sp³-hybridized carbons (Fsp3) is 0.231. The Morgan fingerprint density at radius 1 is 0.824 bits per heavy atom. The number of carbonyl (C=O) groups excluding carboxylic acids is 3. The summed E-state index contributed by atoms with van der Waals surface area (Å²) in [5, 5.41) is 19.3. The first kappa shape index (κ1) is 23.0. The lowest BCUT2D eigenvalue weighted by Crippen LogP contribution is -2.63. The molecule has 1 heterocycles. The Hall–Kier alpha value is -4.20. The smallest absolute Gasteiger partial charge is 0.326 e. The number of hydrogen-bond acceptors (Lipinski definition) is 4. The Kier molecular flexibility index (Phi) is 6.87. The summed E-state index contributed by atoms with van der Waals surface area (Å²) >= 11 is 0. The summed E-state index contributed by atoms with van der Waals surface area (Å²) in [5.41, 5.74) is 1.66. The lowest BCUT2D eigenvalue weighted by molar-refractivity contribution is -0.142. The van der Waals surface area contributed by atoms with Crippen molar-refractivity contribution in [3.05, 3.63) is 83.9 Å². The minimum Gasteiger partial charge on any atom is -0.480 e. The Labute approximate surface area is 196 Å². The molecule has 0 radical (unpaired) electrons. The van der Waals surface area contributed by atoms with E-state index in [-0.39, 0.29) is 18.7 Å². The quantitative estimate of drug-likeness (QED) is 0.407. The maximum absolute atomic E-state index is 12.5. The van der Waals surface area contributed by atoms with Gasteiger partial charge in [0.1, 0.15) is 18.1 Å². The minimum absolute atomic E-state index is 0.0915. The van der Waals surface area contributed by atoms with Crippen LogP contribution in [0, 0.1) is 0 Å². The van der Waals surface area contributed by atoms with Crippen molar-refractivity contribution in [2.75, 3.05) is 0 Å². The number of piperazine rings is 1. The van der Waals surface area contributed by atoms with E-state index in [2.05, 4.69) is 16.0 Å². The number of benzene rings is 3. The van der Waals surface area contributed by atoms with Crippen LogP contribution in [0.2, 0.25) is 0 Å². The summed E-state index contributed by atoms with van der Waals surface area (Å²) in [6, 6.07) is 19.7. The molecule has 0 spiro atoms. The van der Waals surface area contributed by atoms with Gasteiger partial charge >= 0.3 is 5.97 Å². The van der Waals surface area contributed by atoms with E-state index in [9.17, 15) is 24.3 Å². The second-order valence-electron chi connectivity index (χ2n) is 8.36. The Morgan fingerprint density at radius 3 is 2.21 bits per heavy atom. The van der Waals surface area contributed by atoms with Crippen molar-refractivity contribution < 1.29 is 24.3 Å². The molecule has 34 heavy (non-hydrogen) atoms. The molecule has 0 aliphatic carbocycles. The Bertz CT molecular complexity index is 1230. The largest absolute Gasteiger partial charge is 0.480 e.